The Balaban J connectivity index is 2.79. The Hall–Kier alpha value is -1.03. The predicted octanol–water partition coefficient (Wildman–Crippen LogP) is 1.74. The first-order valence-corrected chi connectivity index (χ1v) is 3.58. The van der Waals surface area contributed by atoms with E-state index in [1.165, 1.54) is 11.3 Å². The second-order valence-electron chi connectivity index (χ2n) is 1.54. The summed E-state index contributed by atoms with van der Waals surface area (Å²) in [5.41, 5.74) is 0. The molecule has 0 bridgehead atoms. The summed E-state index contributed by atoms with van der Waals surface area (Å²) in [6.07, 6.45) is 0.880. The lowest BCUT2D eigenvalue weighted by Crippen LogP contribution is -1.88. The Labute approximate surface area is 62.7 Å². The van der Waals surface area contributed by atoms with Crippen LogP contribution < -0.4 is 9.47 Å². The lowest BCUT2D eigenvalue weighted by atomic mass is 10.5. The molecule has 0 aliphatic heterocycles. The molecule has 0 saturated heterocycles. The lowest BCUT2D eigenvalue weighted by Gasteiger charge is -1.97. The molecule has 0 aromatic carbocycles. The van der Waals surface area contributed by atoms with Crippen molar-refractivity contribution in [2.24, 2.45) is 0 Å². The Morgan fingerprint density at radius 2 is 2.20 bits per heavy atom. The highest BCUT2D eigenvalue weighted by Gasteiger charge is 2.01. The molecule has 0 aliphatic carbocycles. The van der Waals surface area contributed by atoms with Crippen LogP contribution in [0.1, 0.15) is 0 Å². The molecule has 0 amide bonds. The molecule has 54 valence electrons. The quantitative estimate of drug-likeness (QED) is 0.536. The van der Waals surface area contributed by atoms with Gasteiger partial charge in [0.05, 0.1) is 7.11 Å². The molecule has 0 saturated carbocycles. The van der Waals surface area contributed by atoms with E-state index in [4.69, 9.17) is 14.9 Å². The van der Waals surface area contributed by atoms with Crippen LogP contribution in [-0.2, 0) is 0 Å². The van der Waals surface area contributed by atoms with Crippen molar-refractivity contribution in [3.63, 3.8) is 0 Å². The van der Waals surface area contributed by atoms with Gasteiger partial charge < -0.3 is 9.47 Å². The summed E-state index contributed by atoms with van der Waals surface area (Å²) in [5.74, 6) is 1.27. The fraction of sp³-hybridized carbons (Fsp3) is 0.167. The summed E-state index contributed by atoms with van der Waals surface area (Å²) in [4.78, 5) is 0. The molecule has 0 radical (unpaired) electrons. The maximum Gasteiger partial charge on any atom is 0.181 e. The molecule has 0 aliphatic rings. The van der Waals surface area contributed by atoms with E-state index in [1.54, 1.807) is 12.5 Å². The van der Waals surface area contributed by atoms with Gasteiger partial charge in [-0.15, -0.1) is 11.3 Å². The standard InChI is InChI=1S/C6H7NO2S/c1-8-5-2-10-3-6(5)9-4-7/h2-4,7H,1H3. The van der Waals surface area contributed by atoms with E-state index < -0.39 is 0 Å². The molecule has 1 aromatic heterocycles. The number of hydrogen-bond acceptors (Lipinski definition) is 4. The summed E-state index contributed by atoms with van der Waals surface area (Å²) in [5, 5.41) is 10.3. The predicted molar refractivity (Wildman–Crippen MR) is 40.3 cm³/mol. The van der Waals surface area contributed by atoms with E-state index in [9.17, 15) is 0 Å². The fourth-order valence-corrected chi connectivity index (χ4v) is 1.27. The van der Waals surface area contributed by atoms with Crippen LogP contribution in [0, 0.1) is 5.41 Å². The van der Waals surface area contributed by atoms with E-state index >= 15 is 0 Å². The zero-order valence-electron chi connectivity index (χ0n) is 5.46. The van der Waals surface area contributed by atoms with Crippen molar-refractivity contribution in [2.45, 2.75) is 0 Å². The third-order valence-corrected chi connectivity index (χ3v) is 1.70. The van der Waals surface area contributed by atoms with Crippen LogP contribution in [0.3, 0.4) is 0 Å². The molecular weight excluding hydrogens is 150 g/mol. The highest BCUT2D eigenvalue weighted by Crippen LogP contribution is 2.30. The molecule has 4 heteroatoms. The van der Waals surface area contributed by atoms with Crippen molar-refractivity contribution in [1.29, 1.82) is 5.41 Å². The maximum absolute atomic E-state index is 6.65. The maximum atomic E-state index is 6.65. The zero-order valence-corrected chi connectivity index (χ0v) is 6.27. The number of hydrogen-bond donors (Lipinski definition) is 1. The first-order chi connectivity index (χ1) is 4.88. The SMILES string of the molecule is COc1cscc1OC=N. The van der Waals surface area contributed by atoms with E-state index in [1.807, 2.05) is 5.38 Å². The Morgan fingerprint density at radius 3 is 2.80 bits per heavy atom. The van der Waals surface area contributed by atoms with Crippen LogP contribution in [-0.4, -0.2) is 13.5 Å². The van der Waals surface area contributed by atoms with E-state index in [-0.39, 0.29) is 0 Å². The topological polar surface area (TPSA) is 42.3 Å². The largest absolute Gasteiger partial charge is 0.492 e. The average Bonchev–Trinajstić information content (AvgIpc) is 2.36. The van der Waals surface area contributed by atoms with Crippen LogP contribution in [0.2, 0.25) is 0 Å². The van der Waals surface area contributed by atoms with Gasteiger partial charge in [-0.3, -0.25) is 5.41 Å². The molecule has 1 heterocycles. The van der Waals surface area contributed by atoms with Gasteiger partial charge in [-0.25, -0.2) is 0 Å². The van der Waals surface area contributed by atoms with E-state index in [0.717, 1.165) is 6.40 Å². The molecule has 3 nitrogen and oxygen atoms in total. The van der Waals surface area contributed by atoms with E-state index in [2.05, 4.69) is 0 Å². The van der Waals surface area contributed by atoms with E-state index in [0.29, 0.717) is 11.5 Å². The molecular formula is C6H7NO2S. The lowest BCUT2D eigenvalue weighted by molar-refractivity contribution is 0.396. The number of rotatable bonds is 3. The molecule has 0 fully saturated rings. The minimum Gasteiger partial charge on any atom is -0.492 e. The van der Waals surface area contributed by atoms with Gasteiger partial charge in [0.1, 0.15) is 0 Å². The fourth-order valence-electron chi connectivity index (χ4n) is 0.572. The average molecular weight is 157 g/mol. The number of nitrogens with one attached hydrogen (secondary N) is 1. The van der Waals surface area contributed by atoms with Crippen LogP contribution in [0.25, 0.3) is 0 Å². The Kier molecular flexibility index (Phi) is 2.28. The monoisotopic (exact) mass is 157 g/mol. The summed E-state index contributed by atoms with van der Waals surface area (Å²) in [6.45, 7) is 0. The van der Waals surface area contributed by atoms with Gasteiger partial charge in [0.25, 0.3) is 0 Å². The van der Waals surface area contributed by atoms with Crippen LogP contribution >= 0.6 is 11.3 Å². The molecule has 0 spiro atoms. The molecule has 0 atom stereocenters. The molecule has 1 aromatic rings. The molecule has 0 unspecified atom stereocenters. The van der Waals surface area contributed by atoms with Crippen LogP contribution in [0.5, 0.6) is 11.5 Å². The summed E-state index contributed by atoms with van der Waals surface area (Å²) in [6, 6.07) is 0. The second-order valence-corrected chi connectivity index (χ2v) is 2.28. The number of thiophene rings is 1. The van der Waals surface area contributed by atoms with Gasteiger partial charge in [-0.2, -0.15) is 0 Å². The Morgan fingerprint density at radius 1 is 1.50 bits per heavy atom. The number of methoxy groups -OCH3 is 1. The van der Waals surface area contributed by atoms with Gasteiger partial charge >= 0.3 is 0 Å². The Bertz CT molecular complexity index is 221. The van der Waals surface area contributed by atoms with Crippen molar-refractivity contribution < 1.29 is 9.47 Å². The third-order valence-electron chi connectivity index (χ3n) is 0.999. The van der Waals surface area contributed by atoms with Gasteiger partial charge in [-0.1, -0.05) is 0 Å². The summed E-state index contributed by atoms with van der Waals surface area (Å²) >= 11 is 1.48. The van der Waals surface area contributed by atoms with Gasteiger partial charge in [0.15, 0.2) is 17.9 Å². The first kappa shape index (κ1) is 7.08. The molecule has 10 heavy (non-hydrogen) atoms. The minimum atomic E-state index is 0.600. The third kappa shape index (κ3) is 1.27. The summed E-state index contributed by atoms with van der Waals surface area (Å²) < 4.78 is 9.71. The number of ether oxygens (including phenoxy) is 2. The molecule has 1 N–H and O–H groups in total. The van der Waals surface area contributed by atoms with Crippen molar-refractivity contribution in [1.82, 2.24) is 0 Å². The second kappa shape index (κ2) is 3.22. The van der Waals surface area contributed by atoms with Gasteiger partial charge in [0, 0.05) is 10.8 Å². The van der Waals surface area contributed by atoms with Crippen molar-refractivity contribution in [3.8, 4) is 11.5 Å². The van der Waals surface area contributed by atoms with Gasteiger partial charge in [0.2, 0.25) is 0 Å². The first-order valence-electron chi connectivity index (χ1n) is 2.64. The smallest absolute Gasteiger partial charge is 0.181 e. The van der Waals surface area contributed by atoms with Crippen LogP contribution in [0.4, 0.5) is 0 Å². The van der Waals surface area contributed by atoms with Crippen LogP contribution in [0.15, 0.2) is 10.8 Å². The highest BCUT2D eigenvalue weighted by molar-refractivity contribution is 7.08. The van der Waals surface area contributed by atoms with Gasteiger partial charge in [-0.05, 0) is 0 Å². The van der Waals surface area contributed by atoms with Crippen molar-refractivity contribution in [3.05, 3.63) is 10.8 Å². The normalized spacial score (nSPS) is 8.90. The highest BCUT2D eigenvalue weighted by atomic mass is 32.1. The summed E-state index contributed by atoms with van der Waals surface area (Å²) in [7, 11) is 1.57. The minimum absolute atomic E-state index is 0.600. The zero-order chi connectivity index (χ0) is 7.40. The molecule has 1 rings (SSSR count). The van der Waals surface area contributed by atoms with Crippen molar-refractivity contribution in [2.75, 3.05) is 7.11 Å². The van der Waals surface area contributed by atoms with Crippen molar-refractivity contribution >= 4 is 17.7 Å².